The number of esters is 1. The Bertz CT molecular complexity index is 1170. The van der Waals surface area contributed by atoms with Crippen LogP contribution in [0.1, 0.15) is 46.8 Å². The summed E-state index contributed by atoms with van der Waals surface area (Å²) in [6.07, 6.45) is 1.47. The highest BCUT2D eigenvalue weighted by Crippen LogP contribution is 2.27. The Hall–Kier alpha value is -4.13. The number of hydrogen-bond acceptors (Lipinski definition) is 6. The van der Waals surface area contributed by atoms with E-state index < -0.39 is 5.97 Å². The molecule has 0 bridgehead atoms. The molecule has 34 heavy (non-hydrogen) atoms. The van der Waals surface area contributed by atoms with Gasteiger partial charge in [0, 0.05) is 0 Å². The zero-order valence-corrected chi connectivity index (χ0v) is 19.7. The number of aryl methyl sites for hydroxylation is 1. The summed E-state index contributed by atoms with van der Waals surface area (Å²) in [5, 5.41) is 3.97. The Labute approximate surface area is 199 Å². The molecular formula is C27H28N2O5. The molecule has 3 aromatic carbocycles. The summed E-state index contributed by atoms with van der Waals surface area (Å²) in [5.74, 6) is 1.12. The van der Waals surface area contributed by atoms with Gasteiger partial charge in [-0.05, 0) is 72.0 Å². The van der Waals surface area contributed by atoms with Gasteiger partial charge >= 0.3 is 5.97 Å². The molecule has 1 N–H and O–H groups in total. The van der Waals surface area contributed by atoms with Crippen molar-refractivity contribution in [1.29, 1.82) is 0 Å². The van der Waals surface area contributed by atoms with Crippen LogP contribution in [0.2, 0.25) is 0 Å². The molecule has 176 valence electrons. The summed E-state index contributed by atoms with van der Waals surface area (Å²) < 4.78 is 16.2. The molecule has 0 spiro atoms. The second-order valence-corrected chi connectivity index (χ2v) is 7.97. The number of nitrogens with one attached hydrogen (secondary N) is 1. The van der Waals surface area contributed by atoms with Gasteiger partial charge in [-0.15, -0.1) is 0 Å². The van der Waals surface area contributed by atoms with Crippen molar-refractivity contribution in [1.82, 2.24) is 5.43 Å². The molecule has 0 saturated heterocycles. The summed E-state index contributed by atoms with van der Waals surface area (Å²) in [4.78, 5) is 24.5. The van der Waals surface area contributed by atoms with Gasteiger partial charge in [0.1, 0.15) is 17.2 Å². The highest BCUT2D eigenvalue weighted by molar-refractivity contribution is 5.91. The lowest BCUT2D eigenvalue weighted by Crippen LogP contribution is -2.25. The van der Waals surface area contributed by atoms with Crippen molar-refractivity contribution in [2.24, 2.45) is 5.10 Å². The van der Waals surface area contributed by atoms with Crippen LogP contribution in [0.15, 0.2) is 71.8 Å². The van der Waals surface area contributed by atoms with Gasteiger partial charge < -0.3 is 14.2 Å². The van der Waals surface area contributed by atoms with Crippen molar-refractivity contribution < 1.29 is 23.8 Å². The maximum Gasteiger partial charge on any atom is 0.343 e. The second-order valence-electron chi connectivity index (χ2n) is 7.97. The van der Waals surface area contributed by atoms with Crippen molar-refractivity contribution in [3.63, 3.8) is 0 Å². The molecule has 7 nitrogen and oxygen atoms in total. The smallest absolute Gasteiger partial charge is 0.343 e. The quantitative estimate of drug-likeness (QED) is 0.213. The Morgan fingerprint density at radius 3 is 2.47 bits per heavy atom. The summed E-state index contributed by atoms with van der Waals surface area (Å²) >= 11 is 0. The molecule has 0 atom stereocenters. The number of rotatable bonds is 9. The molecule has 0 radical (unpaired) electrons. The molecule has 0 aliphatic heterocycles. The third kappa shape index (κ3) is 6.93. The summed E-state index contributed by atoms with van der Waals surface area (Å²) in [7, 11) is 1.56. The van der Waals surface area contributed by atoms with Crippen LogP contribution in [0.25, 0.3) is 0 Å². The van der Waals surface area contributed by atoms with Gasteiger partial charge in [0.15, 0.2) is 6.61 Å². The minimum atomic E-state index is -0.487. The van der Waals surface area contributed by atoms with Crippen LogP contribution in [0, 0.1) is 6.92 Å². The van der Waals surface area contributed by atoms with Crippen LogP contribution in [-0.2, 0) is 4.79 Å². The number of amides is 1. The molecular weight excluding hydrogens is 432 g/mol. The molecule has 1 amide bonds. The van der Waals surface area contributed by atoms with Crippen molar-refractivity contribution >= 4 is 18.1 Å². The van der Waals surface area contributed by atoms with Crippen LogP contribution >= 0.6 is 0 Å². The Kier molecular flexibility index (Phi) is 8.40. The summed E-state index contributed by atoms with van der Waals surface area (Å²) in [6, 6.07) is 19.4. The SMILES string of the molecule is COc1ccc(C(=O)Oc2cccc(/C=N\NC(=O)COc3cc(C)ccc3C(C)C)c2)cc1. The van der Waals surface area contributed by atoms with Gasteiger partial charge in [-0.3, -0.25) is 4.79 Å². The molecule has 0 saturated carbocycles. The van der Waals surface area contributed by atoms with E-state index in [1.165, 1.54) is 6.21 Å². The number of nitrogens with zero attached hydrogens (tertiary/aromatic N) is 1. The second kappa shape index (κ2) is 11.7. The number of ether oxygens (including phenoxy) is 3. The van der Waals surface area contributed by atoms with E-state index in [0.717, 1.165) is 11.1 Å². The van der Waals surface area contributed by atoms with E-state index in [1.54, 1.807) is 55.6 Å². The number of carbonyl (C=O) groups excluding carboxylic acids is 2. The third-order valence-electron chi connectivity index (χ3n) is 4.95. The monoisotopic (exact) mass is 460 g/mol. The van der Waals surface area contributed by atoms with Gasteiger partial charge in [-0.25, -0.2) is 10.2 Å². The summed E-state index contributed by atoms with van der Waals surface area (Å²) in [6.45, 7) is 5.97. The lowest BCUT2D eigenvalue weighted by atomic mass is 10.0. The van der Waals surface area contributed by atoms with Gasteiger partial charge in [0.2, 0.25) is 0 Å². The van der Waals surface area contributed by atoms with E-state index in [1.807, 2.05) is 25.1 Å². The molecule has 0 fully saturated rings. The minimum Gasteiger partial charge on any atom is -0.497 e. The highest BCUT2D eigenvalue weighted by Gasteiger charge is 2.11. The average Bonchev–Trinajstić information content (AvgIpc) is 2.83. The van der Waals surface area contributed by atoms with Crippen LogP contribution in [0.4, 0.5) is 0 Å². The predicted octanol–water partition coefficient (Wildman–Crippen LogP) is 4.88. The van der Waals surface area contributed by atoms with Gasteiger partial charge in [0.25, 0.3) is 5.91 Å². The predicted molar refractivity (Wildman–Crippen MR) is 131 cm³/mol. The third-order valence-corrected chi connectivity index (χ3v) is 4.95. The first kappa shape index (κ1) is 24.5. The Balaban J connectivity index is 1.54. The average molecular weight is 461 g/mol. The molecule has 0 aromatic heterocycles. The molecule has 7 heteroatoms. The van der Waals surface area contributed by atoms with Gasteiger partial charge in [-0.2, -0.15) is 5.10 Å². The van der Waals surface area contributed by atoms with Crippen molar-refractivity contribution in [3.05, 3.63) is 89.0 Å². The molecule has 3 rings (SSSR count). The van der Waals surface area contributed by atoms with E-state index in [9.17, 15) is 9.59 Å². The first-order chi connectivity index (χ1) is 16.4. The number of hydrogen-bond donors (Lipinski definition) is 1. The van der Waals surface area contributed by atoms with Crippen LogP contribution in [-0.4, -0.2) is 31.8 Å². The Morgan fingerprint density at radius 2 is 1.76 bits per heavy atom. The largest absolute Gasteiger partial charge is 0.497 e. The van der Waals surface area contributed by atoms with Crippen LogP contribution in [0.3, 0.4) is 0 Å². The van der Waals surface area contributed by atoms with Crippen molar-refractivity contribution in [3.8, 4) is 17.2 Å². The fourth-order valence-electron chi connectivity index (χ4n) is 3.15. The lowest BCUT2D eigenvalue weighted by molar-refractivity contribution is -0.123. The molecule has 3 aromatic rings. The number of hydrazone groups is 1. The van der Waals surface area contributed by atoms with E-state index >= 15 is 0 Å². The lowest BCUT2D eigenvalue weighted by Gasteiger charge is -2.14. The first-order valence-electron chi connectivity index (χ1n) is 10.9. The molecule has 0 heterocycles. The summed E-state index contributed by atoms with van der Waals surface area (Å²) in [5.41, 5.74) is 5.61. The maximum atomic E-state index is 12.3. The Morgan fingerprint density at radius 1 is 1.00 bits per heavy atom. The fourth-order valence-corrected chi connectivity index (χ4v) is 3.15. The number of benzene rings is 3. The molecule has 0 unspecified atom stereocenters. The van der Waals surface area contributed by atoms with Crippen LogP contribution in [0.5, 0.6) is 17.2 Å². The number of carbonyl (C=O) groups is 2. The van der Waals surface area contributed by atoms with E-state index in [0.29, 0.717) is 28.4 Å². The van der Waals surface area contributed by atoms with Crippen molar-refractivity contribution in [2.75, 3.05) is 13.7 Å². The van der Waals surface area contributed by atoms with E-state index in [-0.39, 0.29) is 18.4 Å². The maximum absolute atomic E-state index is 12.3. The standard InChI is InChI=1S/C27H28N2O5/c1-18(2)24-13-8-19(3)14-25(24)33-17-26(30)29-28-16-20-6-5-7-23(15-20)34-27(31)21-9-11-22(32-4)12-10-21/h5-16,18H,17H2,1-4H3,(H,29,30)/b28-16-. The normalized spacial score (nSPS) is 10.9. The zero-order chi connectivity index (χ0) is 24.5. The fraction of sp³-hybridized carbons (Fsp3) is 0.222. The number of methoxy groups -OCH3 is 1. The van der Waals surface area contributed by atoms with Crippen molar-refractivity contribution in [2.45, 2.75) is 26.7 Å². The highest BCUT2D eigenvalue weighted by atomic mass is 16.5. The van der Waals surface area contributed by atoms with E-state index in [4.69, 9.17) is 14.2 Å². The minimum absolute atomic E-state index is 0.153. The molecule has 0 aliphatic rings. The van der Waals surface area contributed by atoms with Crippen LogP contribution < -0.4 is 19.6 Å². The van der Waals surface area contributed by atoms with E-state index in [2.05, 4.69) is 24.4 Å². The van der Waals surface area contributed by atoms with Gasteiger partial charge in [-0.1, -0.05) is 38.1 Å². The zero-order valence-electron chi connectivity index (χ0n) is 19.7. The van der Waals surface area contributed by atoms with Gasteiger partial charge in [0.05, 0.1) is 18.9 Å². The first-order valence-corrected chi connectivity index (χ1v) is 10.9. The topological polar surface area (TPSA) is 86.2 Å². The molecule has 0 aliphatic carbocycles.